The largest absolute Gasteiger partial charge is 0.339 e. The average Bonchev–Trinajstić information content (AvgIpc) is 3.13. The predicted octanol–water partition coefficient (Wildman–Crippen LogP) is 2.80. The zero-order valence-corrected chi connectivity index (χ0v) is 14.1. The molecule has 0 atom stereocenters. The third-order valence-electron chi connectivity index (χ3n) is 4.22. The number of halogens is 1. The lowest BCUT2D eigenvalue weighted by Gasteiger charge is -2.35. The molecule has 4 nitrogen and oxygen atoms in total. The minimum atomic E-state index is -0.354. The Morgan fingerprint density at radius 2 is 1.67 bits per heavy atom. The third-order valence-corrected chi connectivity index (χ3v) is 4.95. The SMILES string of the molecule is O=C(CCc1ccsc1)N1CCN(C(=O)c2ccc(F)cc2)CC1. The van der Waals surface area contributed by atoms with E-state index < -0.39 is 0 Å². The van der Waals surface area contributed by atoms with Crippen LogP contribution in [-0.4, -0.2) is 47.8 Å². The Morgan fingerprint density at radius 1 is 1.00 bits per heavy atom. The monoisotopic (exact) mass is 346 g/mol. The van der Waals surface area contributed by atoms with Crippen molar-refractivity contribution in [2.75, 3.05) is 26.2 Å². The first-order valence-corrected chi connectivity index (χ1v) is 8.91. The van der Waals surface area contributed by atoms with Crippen LogP contribution in [0.1, 0.15) is 22.3 Å². The van der Waals surface area contributed by atoms with Gasteiger partial charge in [0.25, 0.3) is 5.91 Å². The van der Waals surface area contributed by atoms with Gasteiger partial charge >= 0.3 is 0 Å². The maximum Gasteiger partial charge on any atom is 0.253 e. The summed E-state index contributed by atoms with van der Waals surface area (Å²) in [5, 5.41) is 4.08. The Kier molecular flexibility index (Phi) is 5.25. The van der Waals surface area contributed by atoms with Gasteiger partial charge in [0.1, 0.15) is 5.82 Å². The molecule has 2 aromatic rings. The number of benzene rings is 1. The minimum Gasteiger partial charge on any atom is -0.339 e. The minimum absolute atomic E-state index is 0.111. The van der Waals surface area contributed by atoms with Crippen molar-refractivity contribution in [3.63, 3.8) is 0 Å². The van der Waals surface area contributed by atoms with E-state index in [4.69, 9.17) is 0 Å². The summed E-state index contributed by atoms with van der Waals surface area (Å²) in [6.45, 7) is 2.13. The Balaban J connectivity index is 1.49. The highest BCUT2D eigenvalue weighted by atomic mass is 32.1. The van der Waals surface area contributed by atoms with Crippen LogP contribution in [0.15, 0.2) is 41.1 Å². The second kappa shape index (κ2) is 7.57. The van der Waals surface area contributed by atoms with Gasteiger partial charge in [-0.05, 0) is 53.1 Å². The van der Waals surface area contributed by atoms with Gasteiger partial charge in [-0.3, -0.25) is 9.59 Å². The molecule has 0 bridgehead atoms. The molecule has 24 heavy (non-hydrogen) atoms. The molecule has 0 aliphatic carbocycles. The number of amides is 2. The van der Waals surface area contributed by atoms with Gasteiger partial charge in [0.05, 0.1) is 0 Å². The molecular formula is C18H19FN2O2S. The first kappa shape index (κ1) is 16.6. The highest BCUT2D eigenvalue weighted by molar-refractivity contribution is 7.07. The highest BCUT2D eigenvalue weighted by Crippen LogP contribution is 2.13. The van der Waals surface area contributed by atoms with Crippen LogP contribution in [0, 0.1) is 5.82 Å². The number of thiophene rings is 1. The van der Waals surface area contributed by atoms with E-state index in [1.54, 1.807) is 16.2 Å². The number of piperazine rings is 1. The summed E-state index contributed by atoms with van der Waals surface area (Å²) in [5.41, 5.74) is 1.67. The molecular weight excluding hydrogens is 327 g/mol. The third kappa shape index (κ3) is 4.00. The first-order valence-electron chi connectivity index (χ1n) is 7.97. The standard InChI is InChI=1S/C18H19FN2O2S/c19-16-4-2-15(3-5-16)18(23)21-10-8-20(9-11-21)17(22)6-1-14-7-12-24-13-14/h2-5,7,12-13H,1,6,8-11H2. The van der Waals surface area contributed by atoms with Gasteiger partial charge in [-0.15, -0.1) is 0 Å². The number of hydrogen-bond donors (Lipinski definition) is 0. The second-order valence-electron chi connectivity index (χ2n) is 5.81. The van der Waals surface area contributed by atoms with Gasteiger partial charge in [-0.2, -0.15) is 11.3 Å². The molecule has 2 amide bonds. The summed E-state index contributed by atoms with van der Waals surface area (Å²) < 4.78 is 12.9. The van der Waals surface area contributed by atoms with E-state index in [-0.39, 0.29) is 17.6 Å². The van der Waals surface area contributed by atoms with Gasteiger partial charge in [0, 0.05) is 38.2 Å². The van der Waals surface area contributed by atoms with Crippen molar-refractivity contribution in [3.8, 4) is 0 Å². The van der Waals surface area contributed by atoms with Crippen LogP contribution in [0.3, 0.4) is 0 Å². The quantitative estimate of drug-likeness (QED) is 0.854. The zero-order chi connectivity index (χ0) is 16.9. The van der Waals surface area contributed by atoms with Crippen molar-refractivity contribution in [1.29, 1.82) is 0 Å². The molecule has 0 N–H and O–H groups in total. The molecule has 3 rings (SSSR count). The van der Waals surface area contributed by atoms with E-state index in [0.717, 1.165) is 6.42 Å². The fourth-order valence-corrected chi connectivity index (χ4v) is 3.48. The summed E-state index contributed by atoms with van der Waals surface area (Å²) in [6.07, 6.45) is 1.26. The lowest BCUT2D eigenvalue weighted by Crippen LogP contribution is -2.50. The number of rotatable bonds is 4. The predicted molar refractivity (Wildman–Crippen MR) is 91.5 cm³/mol. The van der Waals surface area contributed by atoms with E-state index in [1.165, 1.54) is 29.8 Å². The number of carbonyl (C=O) groups excluding carboxylic acids is 2. The van der Waals surface area contributed by atoms with Gasteiger partial charge in [0.2, 0.25) is 5.91 Å². The van der Waals surface area contributed by atoms with Crippen LogP contribution >= 0.6 is 11.3 Å². The molecule has 1 saturated heterocycles. The van der Waals surface area contributed by atoms with E-state index in [2.05, 4.69) is 5.38 Å². The fraction of sp³-hybridized carbons (Fsp3) is 0.333. The molecule has 0 unspecified atom stereocenters. The Hall–Kier alpha value is -2.21. The number of carbonyl (C=O) groups is 2. The Labute approximate surface area is 144 Å². The molecule has 0 spiro atoms. The Bertz CT molecular complexity index is 692. The van der Waals surface area contributed by atoms with Crippen molar-refractivity contribution < 1.29 is 14.0 Å². The Morgan fingerprint density at radius 3 is 2.29 bits per heavy atom. The maximum absolute atomic E-state index is 12.9. The van der Waals surface area contributed by atoms with Crippen molar-refractivity contribution in [2.45, 2.75) is 12.8 Å². The normalized spacial score (nSPS) is 14.7. The van der Waals surface area contributed by atoms with Gasteiger partial charge in [-0.25, -0.2) is 4.39 Å². The summed E-state index contributed by atoms with van der Waals surface area (Å²) in [5.74, 6) is -0.331. The van der Waals surface area contributed by atoms with Gasteiger partial charge in [-0.1, -0.05) is 0 Å². The molecule has 126 valence electrons. The molecule has 1 aliphatic heterocycles. The van der Waals surface area contributed by atoms with Gasteiger partial charge < -0.3 is 9.80 Å². The van der Waals surface area contributed by atoms with Crippen LogP contribution in [0.4, 0.5) is 4.39 Å². The van der Waals surface area contributed by atoms with Gasteiger partial charge in [0.15, 0.2) is 0 Å². The molecule has 1 fully saturated rings. The summed E-state index contributed by atoms with van der Waals surface area (Å²) in [7, 11) is 0. The van der Waals surface area contributed by atoms with E-state index in [9.17, 15) is 14.0 Å². The lowest BCUT2D eigenvalue weighted by molar-refractivity contribution is -0.132. The highest BCUT2D eigenvalue weighted by Gasteiger charge is 2.24. The molecule has 2 heterocycles. The number of hydrogen-bond acceptors (Lipinski definition) is 3. The van der Waals surface area contributed by atoms with E-state index in [1.807, 2.05) is 16.3 Å². The smallest absolute Gasteiger partial charge is 0.253 e. The number of nitrogens with zero attached hydrogens (tertiary/aromatic N) is 2. The molecule has 1 aromatic heterocycles. The van der Waals surface area contributed by atoms with E-state index in [0.29, 0.717) is 38.2 Å². The molecule has 6 heteroatoms. The molecule has 0 saturated carbocycles. The topological polar surface area (TPSA) is 40.6 Å². The summed E-state index contributed by atoms with van der Waals surface area (Å²) in [6, 6.07) is 7.61. The molecule has 1 aliphatic rings. The molecule has 1 aromatic carbocycles. The van der Waals surface area contributed by atoms with Crippen LogP contribution in [0.2, 0.25) is 0 Å². The van der Waals surface area contributed by atoms with Crippen molar-refractivity contribution in [1.82, 2.24) is 9.80 Å². The van der Waals surface area contributed by atoms with Crippen LogP contribution < -0.4 is 0 Å². The molecule has 0 radical (unpaired) electrons. The lowest BCUT2D eigenvalue weighted by atomic mass is 10.1. The second-order valence-corrected chi connectivity index (χ2v) is 6.59. The van der Waals surface area contributed by atoms with Crippen LogP contribution in [0.5, 0.6) is 0 Å². The fourth-order valence-electron chi connectivity index (χ4n) is 2.78. The van der Waals surface area contributed by atoms with Crippen molar-refractivity contribution in [2.24, 2.45) is 0 Å². The van der Waals surface area contributed by atoms with E-state index >= 15 is 0 Å². The first-order chi connectivity index (χ1) is 11.6. The number of aryl methyl sites for hydroxylation is 1. The zero-order valence-electron chi connectivity index (χ0n) is 13.3. The maximum atomic E-state index is 12.9. The van der Waals surface area contributed by atoms with Crippen LogP contribution in [-0.2, 0) is 11.2 Å². The summed E-state index contributed by atoms with van der Waals surface area (Å²) in [4.78, 5) is 28.2. The van der Waals surface area contributed by atoms with Crippen LogP contribution in [0.25, 0.3) is 0 Å². The van der Waals surface area contributed by atoms with Crippen molar-refractivity contribution in [3.05, 3.63) is 58.0 Å². The van der Waals surface area contributed by atoms with Crippen molar-refractivity contribution >= 4 is 23.2 Å². The summed E-state index contributed by atoms with van der Waals surface area (Å²) >= 11 is 1.64. The average molecular weight is 346 g/mol.